The van der Waals surface area contributed by atoms with Crippen molar-refractivity contribution in [3.05, 3.63) is 181 Å². The van der Waals surface area contributed by atoms with E-state index in [0.29, 0.717) is 0 Å². The monoisotopic (exact) mass is 706 g/mol. The van der Waals surface area contributed by atoms with Crippen LogP contribution in [0.3, 0.4) is 0 Å². The Labute approximate surface area is 323 Å². The molecule has 0 aromatic heterocycles. The molecule has 0 aliphatic heterocycles. The molecule has 0 saturated heterocycles. The van der Waals surface area contributed by atoms with E-state index in [4.69, 9.17) is 0 Å². The van der Waals surface area contributed by atoms with E-state index in [1.165, 1.54) is 141 Å². The Bertz CT molecular complexity index is 3820. The van der Waals surface area contributed by atoms with Crippen molar-refractivity contribution < 1.29 is 0 Å². The molecule has 0 aliphatic carbocycles. The lowest BCUT2D eigenvalue weighted by molar-refractivity contribution is 1.49. The second kappa shape index (κ2) is 10.8. The van der Waals surface area contributed by atoms with Crippen molar-refractivity contribution >= 4 is 108 Å². The van der Waals surface area contributed by atoms with Gasteiger partial charge in [-0.2, -0.15) is 0 Å². The highest BCUT2D eigenvalue weighted by atomic mass is 14.2. The molecule has 0 bridgehead atoms. The Hall–Kier alpha value is -7.02. The molecule has 0 radical (unpaired) electrons. The molecule has 13 rings (SSSR count). The van der Waals surface area contributed by atoms with Crippen LogP contribution in [-0.2, 0) is 0 Å². The molecule has 0 nitrogen and oxygen atoms in total. The van der Waals surface area contributed by atoms with Crippen LogP contribution < -0.4 is 0 Å². The maximum absolute atomic E-state index is 2.50. The first-order valence-corrected chi connectivity index (χ1v) is 19.7. The smallest absolute Gasteiger partial charge is 0.00199 e. The molecule has 0 spiro atoms. The minimum Gasteiger partial charge on any atom is -0.0616 e. The molecular weight excluding hydrogens is 673 g/mol. The molecule has 258 valence electrons. The third-order valence-electron chi connectivity index (χ3n) is 13.1. The molecule has 0 atom stereocenters. The largest absolute Gasteiger partial charge is 0.0616 e. The van der Waals surface area contributed by atoms with Gasteiger partial charge in [-0.1, -0.05) is 133 Å². The Balaban J connectivity index is 1.07. The maximum Gasteiger partial charge on any atom is -0.00199 e. The molecule has 0 unspecified atom stereocenters. The summed E-state index contributed by atoms with van der Waals surface area (Å²) >= 11 is 0. The topological polar surface area (TPSA) is 0 Å². The van der Waals surface area contributed by atoms with Gasteiger partial charge in [-0.25, -0.2) is 0 Å². The predicted octanol–water partition coefficient (Wildman–Crippen LogP) is 16.0. The second-order valence-corrected chi connectivity index (χ2v) is 16.1. The van der Waals surface area contributed by atoms with Gasteiger partial charge in [-0.15, -0.1) is 0 Å². The molecule has 0 heterocycles. The fourth-order valence-corrected chi connectivity index (χ4v) is 10.6. The minimum atomic E-state index is 1.27. The Morgan fingerprint density at radius 3 is 1.27 bits per heavy atom. The average molecular weight is 707 g/mol. The molecule has 0 heteroatoms. The van der Waals surface area contributed by atoms with Gasteiger partial charge in [-0.3, -0.25) is 0 Å². The molecular formula is C56H34. The first kappa shape index (κ1) is 30.3. The molecule has 0 saturated carbocycles. The molecule has 0 fully saturated rings. The summed E-state index contributed by atoms with van der Waals surface area (Å²) in [6, 6.07) is 64.5. The Kier molecular flexibility index (Phi) is 5.85. The van der Waals surface area contributed by atoms with E-state index in [2.05, 4.69) is 184 Å². The molecule has 0 N–H and O–H groups in total. The summed E-state index contributed by atoms with van der Waals surface area (Å²) in [6.45, 7) is 4.47. The van der Waals surface area contributed by atoms with Crippen LogP contribution in [-0.4, -0.2) is 0 Å². The standard InChI is InChI=1S/C56H34/c1-31-17-19-33-9-3-5-11-39(33)53(31)36-22-21-35-26-48-47(28-38(35)25-36)43-14-8-16-45-49-29-51-41-24-23-37(54-32(2)18-20-34-10-4-6-12-40(34)54)27-46(41)42-13-7-15-44(55(42)51)50(49)30-52(48)56(43)45/h3-30H,1-2H3. The molecule has 56 heavy (non-hydrogen) atoms. The van der Waals surface area contributed by atoms with E-state index in [1.54, 1.807) is 0 Å². The van der Waals surface area contributed by atoms with Crippen LogP contribution in [0.5, 0.6) is 0 Å². The van der Waals surface area contributed by atoms with Gasteiger partial charge < -0.3 is 0 Å². The lowest BCUT2D eigenvalue weighted by atomic mass is 9.92. The van der Waals surface area contributed by atoms with E-state index in [0.717, 1.165) is 0 Å². The molecule has 13 aromatic carbocycles. The van der Waals surface area contributed by atoms with Crippen molar-refractivity contribution in [2.45, 2.75) is 13.8 Å². The maximum atomic E-state index is 2.50. The Morgan fingerprint density at radius 1 is 0.232 bits per heavy atom. The van der Waals surface area contributed by atoms with E-state index < -0.39 is 0 Å². The van der Waals surface area contributed by atoms with E-state index in [-0.39, 0.29) is 0 Å². The number of hydrogen-bond donors (Lipinski definition) is 0. The van der Waals surface area contributed by atoms with Crippen LogP contribution in [0.1, 0.15) is 11.1 Å². The van der Waals surface area contributed by atoms with Crippen molar-refractivity contribution in [3.63, 3.8) is 0 Å². The van der Waals surface area contributed by atoms with Crippen molar-refractivity contribution in [1.82, 2.24) is 0 Å². The van der Waals surface area contributed by atoms with Gasteiger partial charge in [0.25, 0.3) is 0 Å². The zero-order chi connectivity index (χ0) is 36.8. The highest BCUT2D eigenvalue weighted by molar-refractivity contribution is 6.41. The van der Waals surface area contributed by atoms with E-state index in [9.17, 15) is 0 Å². The summed E-state index contributed by atoms with van der Waals surface area (Å²) in [5.41, 5.74) is 7.82. The third kappa shape index (κ3) is 3.93. The van der Waals surface area contributed by atoms with Crippen molar-refractivity contribution in [2.75, 3.05) is 0 Å². The number of benzene rings is 11. The van der Waals surface area contributed by atoms with Gasteiger partial charge in [0.05, 0.1) is 0 Å². The van der Waals surface area contributed by atoms with Gasteiger partial charge in [0.2, 0.25) is 0 Å². The van der Waals surface area contributed by atoms with Crippen LogP contribution in [0.25, 0.3) is 130 Å². The van der Waals surface area contributed by atoms with Crippen LogP contribution in [0.4, 0.5) is 0 Å². The van der Waals surface area contributed by atoms with Crippen molar-refractivity contribution in [3.8, 4) is 22.3 Å². The van der Waals surface area contributed by atoms with E-state index in [1.807, 2.05) is 0 Å². The van der Waals surface area contributed by atoms with Crippen LogP contribution in [0, 0.1) is 13.8 Å². The molecule has 0 aliphatic rings. The van der Waals surface area contributed by atoms with Crippen molar-refractivity contribution in [1.29, 1.82) is 0 Å². The molecule has 0 amide bonds. The number of fused-ring (bicyclic) bond motifs is 12. The molecule has 13 aromatic rings. The predicted molar refractivity (Wildman–Crippen MR) is 244 cm³/mol. The minimum absolute atomic E-state index is 1.27. The van der Waals surface area contributed by atoms with Crippen LogP contribution >= 0.6 is 0 Å². The highest BCUT2D eigenvalue weighted by Gasteiger charge is 2.21. The quantitative estimate of drug-likeness (QED) is 0.157. The first-order chi connectivity index (χ1) is 27.6. The van der Waals surface area contributed by atoms with Gasteiger partial charge in [0, 0.05) is 0 Å². The summed E-state index contributed by atoms with van der Waals surface area (Å²) in [4.78, 5) is 0. The lowest BCUT2D eigenvalue weighted by Crippen LogP contribution is -1.87. The number of rotatable bonds is 2. The Morgan fingerprint density at radius 2 is 0.661 bits per heavy atom. The second-order valence-electron chi connectivity index (χ2n) is 16.1. The van der Waals surface area contributed by atoms with Crippen molar-refractivity contribution in [2.24, 2.45) is 0 Å². The summed E-state index contributed by atoms with van der Waals surface area (Å²) < 4.78 is 0. The first-order valence-electron chi connectivity index (χ1n) is 19.7. The number of hydrogen-bond acceptors (Lipinski definition) is 0. The van der Waals surface area contributed by atoms with Gasteiger partial charge >= 0.3 is 0 Å². The summed E-state index contributed by atoms with van der Waals surface area (Å²) in [7, 11) is 0. The van der Waals surface area contributed by atoms with Crippen LogP contribution in [0.15, 0.2) is 170 Å². The summed E-state index contributed by atoms with van der Waals surface area (Å²) in [5.74, 6) is 0. The summed E-state index contributed by atoms with van der Waals surface area (Å²) in [5, 5.41) is 26.5. The average Bonchev–Trinajstić information content (AvgIpc) is 3.72. The highest BCUT2D eigenvalue weighted by Crippen LogP contribution is 2.49. The zero-order valence-electron chi connectivity index (χ0n) is 31.2. The van der Waals surface area contributed by atoms with Gasteiger partial charge in [0.15, 0.2) is 0 Å². The van der Waals surface area contributed by atoms with Gasteiger partial charge in [-0.05, 0) is 191 Å². The zero-order valence-corrected chi connectivity index (χ0v) is 31.2. The lowest BCUT2D eigenvalue weighted by Gasteiger charge is -2.12. The third-order valence-corrected chi connectivity index (χ3v) is 13.1. The normalized spacial score (nSPS) is 12.5. The van der Waals surface area contributed by atoms with Crippen LogP contribution in [0.2, 0.25) is 0 Å². The fraction of sp³-hybridized carbons (Fsp3) is 0.0357. The SMILES string of the molecule is Cc1ccc2ccccc2c1-c1ccc2cc3c(cc2c1)c1cccc2c4cc5c6ccc(-c7c(C)ccc8ccccc78)cc6c6cccc(c4cc3c12)c65. The number of aryl methyl sites for hydroxylation is 2. The van der Waals surface area contributed by atoms with Gasteiger partial charge in [0.1, 0.15) is 0 Å². The summed E-state index contributed by atoms with van der Waals surface area (Å²) in [6.07, 6.45) is 0. The van der Waals surface area contributed by atoms with E-state index >= 15 is 0 Å². The fourth-order valence-electron chi connectivity index (χ4n) is 10.6.